The van der Waals surface area contributed by atoms with E-state index in [4.69, 9.17) is 5.73 Å². The molecule has 2 N–H and O–H groups in total. The fraction of sp³-hybridized carbons (Fsp3) is 0.667. The van der Waals surface area contributed by atoms with Crippen LogP contribution >= 0.6 is 0 Å². The Labute approximate surface area is 172 Å². The monoisotopic (exact) mass is 423 g/mol. The lowest BCUT2D eigenvalue weighted by atomic mass is 9.73. The molecule has 1 aliphatic carbocycles. The number of sulfonamides is 1. The number of benzene rings is 1. The van der Waals surface area contributed by atoms with Gasteiger partial charge in [0.25, 0.3) is 0 Å². The number of amides is 1. The van der Waals surface area contributed by atoms with Crippen LogP contribution in [0.4, 0.5) is 4.39 Å². The van der Waals surface area contributed by atoms with E-state index >= 15 is 0 Å². The van der Waals surface area contributed by atoms with Gasteiger partial charge in [-0.2, -0.15) is 4.31 Å². The smallest absolute Gasteiger partial charge is 0.243 e. The standard InChI is InChI=1S/C21H30FN3O3S/c22-17-3-5-19(6-4-17)29(27,28)25-11-7-18(8-12-25)24-13-9-21(10-14-24,20(23)26)15-16-1-2-16/h3-6,16,18H,1-2,7-15H2,(H2,23,26). The number of halogens is 1. The van der Waals surface area contributed by atoms with Gasteiger partial charge in [-0.15, -0.1) is 0 Å². The topological polar surface area (TPSA) is 83.7 Å². The zero-order valence-corrected chi connectivity index (χ0v) is 17.5. The second kappa shape index (κ2) is 7.96. The van der Waals surface area contributed by atoms with Crippen LogP contribution in [-0.4, -0.2) is 55.8 Å². The molecule has 8 heteroatoms. The van der Waals surface area contributed by atoms with Crippen molar-refractivity contribution in [2.75, 3.05) is 26.2 Å². The van der Waals surface area contributed by atoms with Crippen LogP contribution in [0.25, 0.3) is 0 Å². The maximum Gasteiger partial charge on any atom is 0.243 e. The van der Waals surface area contributed by atoms with E-state index in [1.807, 2.05) is 0 Å². The minimum absolute atomic E-state index is 0.140. The van der Waals surface area contributed by atoms with Crippen LogP contribution < -0.4 is 5.73 Å². The average Bonchev–Trinajstić information content (AvgIpc) is 3.53. The Morgan fingerprint density at radius 3 is 2.14 bits per heavy atom. The summed E-state index contributed by atoms with van der Waals surface area (Å²) in [4.78, 5) is 14.7. The Morgan fingerprint density at radius 2 is 1.62 bits per heavy atom. The van der Waals surface area contributed by atoms with Gasteiger partial charge in [-0.1, -0.05) is 12.8 Å². The van der Waals surface area contributed by atoms with Crippen LogP contribution in [0.5, 0.6) is 0 Å². The quantitative estimate of drug-likeness (QED) is 0.761. The number of likely N-dealkylation sites (tertiary alicyclic amines) is 1. The van der Waals surface area contributed by atoms with Crippen LogP contribution in [-0.2, 0) is 14.8 Å². The van der Waals surface area contributed by atoms with Crippen molar-refractivity contribution in [3.63, 3.8) is 0 Å². The number of primary amides is 1. The fourth-order valence-electron chi connectivity index (χ4n) is 4.95. The summed E-state index contributed by atoms with van der Waals surface area (Å²) in [5.74, 6) is 0.0831. The second-order valence-corrected chi connectivity index (χ2v) is 10.9. The van der Waals surface area contributed by atoms with Crippen LogP contribution in [0.3, 0.4) is 0 Å². The van der Waals surface area contributed by atoms with Crippen molar-refractivity contribution in [2.24, 2.45) is 17.1 Å². The van der Waals surface area contributed by atoms with E-state index in [1.54, 1.807) is 0 Å². The van der Waals surface area contributed by atoms with Gasteiger partial charge in [0.15, 0.2) is 0 Å². The molecule has 6 nitrogen and oxygen atoms in total. The van der Waals surface area contributed by atoms with Crippen LogP contribution in [0.1, 0.15) is 44.9 Å². The Morgan fingerprint density at radius 1 is 1.03 bits per heavy atom. The Hall–Kier alpha value is -1.51. The Balaban J connectivity index is 1.33. The van der Waals surface area contributed by atoms with Crippen molar-refractivity contribution in [2.45, 2.75) is 55.9 Å². The minimum Gasteiger partial charge on any atom is -0.369 e. The fourth-order valence-corrected chi connectivity index (χ4v) is 6.42. The molecule has 2 saturated heterocycles. The van der Waals surface area contributed by atoms with E-state index in [9.17, 15) is 17.6 Å². The van der Waals surface area contributed by atoms with E-state index in [-0.39, 0.29) is 16.2 Å². The summed E-state index contributed by atoms with van der Waals surface area (Å²) < 4.78 is 40.2. The van der Waals surface area contributed by atoms with Gasteiger partial charge in [-0.05, 0) is 75.4 Å². The van der Waals surface area contributed by atoms with Crippen molar-refractivity contribution >= 4 is 15.9 Å². The van der Waals surface area contributed by atoms with Crippen molar-refractivity contribution in [3.8, 4) is 0 Å². The summed E-state index contributed by atoms with van der Waals surface area (Å²) in [5, 5.41) is 0. The Kier molecular flexibility index (Phi) is 5.70. The van der Waals surface area contributed by atoms with E-state index in [0.717, 1.165) is 45.2 Å². The molecule has 0 bridgehead atoms. The lowest BCUT2D eigenvalue weighted by Gasteiger charge is -2.45. The molecule has 2 heterocycles. The molecule has 1 aromatic rings. The number of nitrogens with two attached hydrogens (primary N) is 1. The van der Waals surface area contributed by atoms with Gasteiger partial charge < -0.3 is 10.6 Å². The average molecular weight is 424 g/mol. The molecule has 1 saturated carbocycles. The van der Waals surface area contributed by atoms with Crippen LogP contribution in [0.2, 0.25) is 0 Å². The predicted octanol–water partition coefficient (Wildman–Crippen LogP) is 2.35. The van der Waals surface area contributed by atoms with Gasteiger partial charge in [-0.3, -0.25) is 4.79 Å². The van der Waals surface area contributed by atoms with E-state index in [1.165, 1.54) is 41.4 Å². The lowest BCUT2D eigenvalue weighted by molar-refractivity contribution is -0.131. The maximum absolute atomic E-state index is 13.1. The molecule has 160 valence electrons. The van der Waals surface area contributed by atoms with Crippen molar-refractivity contribution in [1.29, 1.82) is 0 Å². The van der Waals surface area contributed by atoms with Gasteiger partial charge in [-0.25, -0.2) is 12.8 Å². The molecule has 0 spiro atoms. The largest absolute Gasteiger partial charge is 0.369 e. The van der Waals surface area contributed by atoms with Gasteiger partial charge in [0.1, 0.15) is 5.82 Å². The molecular weight excluding hydrogens is 393 g/mol. The number of piperidine rings is 2. The summed E-state index contributed by atoms with van der Waals surface area (Å²) in [7, 11) is -3.58. The van der Waals surface area contributed by atoms with Crippen molar-refractivity contribution in [3.05, 3.63) is 30.1 Å². The van der Waals surface area contributed by atoms with Gasteiger partial charge >= 0.3 is 0 Å². The number of nitrogens with zero attached hydrogens (tertiary/aromatic N) is 2. The van der Waals surface area contributed by atoms with E-state index in [0.29, 0.717) is 25.0 Å². The molecule has 4 rings (SSSR count). The normalized spacial score (nSPS) is 24.4. The number of rotatable bonds is 6. The summed E-state index contributed by atoms with van der Waals surface area (Å²) in [6, 6.07) is 5.34. The van der Waals surface area contributed by atoms with Gasteiger partial charge in [0.2, 0.25) is 15.9 Å². The second-order valence-electron chi connectivity index (χ2n) is 8.92. The zero-order valence-electron chi connectivity index (χ0n) is 16.7. The number of carbonyl (C=O) groups is 1. The van der Waals surface area contributed by atoms with E-state index in [2.05, 4.69) is 4.90 Å². The highest BCUT2D eigenvalue weighted by Gasteiger charge is 2.45. The highest BCUT2D eigenvalue weighted by molar-refractivity contribution is 7.89. The first-order chi connectivity index (χ1) is 13.8. The molecule has 2 aliphatic heterocycles. The molecule has 0 atom stereocenters. The molecule has 3 aliphatic rings. The van der Waals surface area contributed by atoms with Gasteiger partial charge in [0.05, 0.1) is 10.3 Å². The Bertz CT molecular complexity index is 838. The summed E-state index contributed by atoms with van der Waals surface area (Å²) >= 11 is 0. The number of carbonyl (C=O) groups excluding carboxylic acids is 1. The molecular formula is C21H30FN3O3S. The molecule has 0 unspecified atom stereocenters. The molecule has 1 aromatic carbocycles. The maximum atomic E-state index is 13.1. The van der Waals surface area contributed by atoms with Crippen LogP contribution in [0.15, 0.2) is 29.2 Å². The summed E-state index contributed by atoms with van der Waals surface area (Å²) in [6.45, 7) is 2.63. The zero-order chi connectivity index (χ0) is 20.6. The molecule has 29 heavy (non-hydrogen) atoms. The first-order valence-corrected chi connectivity index (χ1v) is 12.0. The van der Waals surface area contributed by atoms with Crippen molar-refractivity contribution in [1.82, 2.24) is 9.21 Å². The first-order valence-electron chi connectivity index (χ1n) is 10.6. The third-order valence-corrected chi connectivity index (χ3v) is 8.96. The first kappa shape index (κ1) is 20.8. The molecule has 3 fully saturated rings. The minimum atomic E-state index is -3.58. The third-order valence-electron chi connectivity index (χ3n) is 7.05. The summed E-state index contributed by atoms with van der Waals surface area (Å²) in [5.41, 5.74) is 5.44. The highest BCUT2D eigenvalue weighted by Crippen LogP contribution is 2.46. The highest BCUT2D eigenvalue weighted by atomic mass is 32.2. The molecule has 0 radical (unpaired) electrons. The number of hydrogen-bond donors (Lipinski definition) is 1. The lowest BCUT2D eigenvalue weighted by Crippen LogP contribution is -2.53. The SMILES string of the molecule is NC(=O)C1(CC2CC2)CCN(C2CCN(S(=O)(=O)c3ccc(F)cc3)CC2)CC1. The predicted molar refractivity (Wildman–Crippen MR) is 108 cm³/mol. The van der Waals surface area contributed by atoms with Crippen molar-refractivity contribution < 1.29 is 17.6 Å². The van der Waals surface area contributed by atoms with Gasteiger partial charge in [0, 0.05) is 19.1 Å². The van der Waals surface area contributed by atoms with E-state index < -0.39 is 15.8 Å². The van der Waals surface area contributed by atoms with Crippen LogP contribution in [0, 0.1) is 17.2 Å². The molecule has 0 aromatic heterocycles. The third kappa shape index (κ3) is 4.34. The number of hydrogen-bond acceptors (Lipinski definition) is 4. The molecule has 1 amide bonds. The summed E-state index contributed by atoms with van der Waals surface area (Å²) in [6.07, 6.45) is 6.54.